The summed E-state index contributed by atoms with van der Waals surface area (Å²) in [7, 11) is 3.56. The van der Waals surface area contributed by atoms with Crippen LogP contribution in [-0.2, 0) is 0 Å². The Kier molecular flexibility index (Phi) is 4.70. The molecule has 0 fully saturated rings. The second kappa shape index (κ2) is 6.29. The summed E-state index contributed by atoms with van der Waals surface area (Å²) in [5.41, 5.74) is 2.95. The van der Waals surface area contributed by atoms with Crippen LogP contribution in [0.15, 0.2) is 64.6 Å². The minimum atomic E-state index is -0.135. The predicted octanol–water partition coefficient (Wildman–Crippen LogP) is 4.35. The average Bonchev–Trinajstić information content (AvgIpc) is 2.58. The number of nitrogens with zero attached hydrogens (tertiary/aromatic N) is 2. The van der Waals surface area contributed by atoms with Gasteiger partial charge in [-0.15, -0.1) is 5.73 Å². The summed E-state index contributed by atoms with van der Waals surface area (Å²) in [6.07, 6.45) is 19.6. The maximum Gasteiger partial charge on any atom is 0.0769 e. The molecule has 19 heavy (non-hydrogen) atoms. The van der Waals surface area contributed by atoms with Gasteiger partial charge in [-0.3, -0.25) is 9.98 Å². The molecule has 98 valence electrons. The van der Waals surface area contributed by atoms with Crippen molar-refractivity contribution in [2.75, 3.05) is 0 Å². The van der Waals surface area contributed by atoms with Gasteiger partial charge in [0.15, 0.2) is 0 Å². The van der Waals surface area contributed by atoms with E-state index in [1.807, 2.05) is 36.7 Å². The minimum Gasteiger partial charge on any atom is -0.267 e. The van der Waals surface area contributed by atoms with Gasteiger partial charge in [0.1, 0.15) is 0 Å². The molecule has 0 radical (unpaired) electrons. The average molecular weight is 288 g/mol. The molecule has 2 rings (SSSR count). The molecule has 0 spiro atoms. The Morgan fingerprint density at radius 3 is 2.37 bits per heavy atom. The van der Waals surface area contributed by atoms with Crippen molar-refractivity contribution in [3.63, 3.8) is 0 Å². The lowest BCUT2D eigenvalue weighted by Crippen LogP contribution is -2.22. The number of hydrogen-bond acceptors (Lipinski definition) is 4. The van der Waals surface area contributed by atoms with E-state index in [1.54, 1.807) is 34.0 Å². The lowest BCUT2D eigenvalue weighted by molar-refractivity contribution is 1.09. The summed E-state index contributed by atoms with van der Waals surface area (Å²) < 4.78 is -0.239. The van der Waals surface area contributed by atoms with Crippen molar-refractivity contribution in [1.29, 1.82) is 0 Å². The molecule has 0 saturated heterocycles. The normalized spacial score (nSPS) is 32.3. The Bertz CT molecular complexity index is 498. The fourth-order valence-corrected chi connectivity index (χ4v) is 3.97. The molecule has 4 heteroatoms. The van der Waals surface area contributed by atoms with Crippen LogP contribution in [0.5, 0.6) is 0 Å². The van der Waals surface area contributed by atoms with E-state index in [2.05, 4.69) is 41.7 Å². The molecule has 2 heterocycles. The number of aliphatic imine (C=N–C) groups is 2. The lowest BCUT2D eigenvalue weighted by Gasteiger charge is -2.26. The van der Waals surface area contributed by atoms with Gasteiger partial charge in [0.2, 0.25) is 0 Å². The maximum atomic E-state index is 4.27. The first-order valence-corrected chi connectivity index (χ1v) is 8.16. The maximum absolute atomic E-state index is 4.27. The molecule has 2 unspecified atom stereocenters. The first-order chi connectivity index (χ1) is 9.12. The molecule has 0 amide bonds. The summed E-state index contributed by atoms with van der Waals surface area (Å²) in [4.78, 5) is 8.52. The molecule has 0 aliphatic carbocycles. The second-order valence-electron chi connectivity index (χ2n) is 4.61. The van der Waals surface area contributed by atoms with Crippen LogP contribution in [0.2, 0.25) is 0 Å². The number of allylic oxidation sites excluding steroid dienone is 4. The van der Waals surface area contributed by atoms with Gasteiger partial charge in [0, 0.05) is 18.6 Å². The van der Waals surface area contributed by atoms with E-state index in [1.165, 1.54) is 0 Å². The van der Waals surface area contributed by atoms with E-state index >= 15 is 0 Å². The van der Waals surface area contributed by atoms with Gasteiger partial charge >= 0.3 is 0 Å². The molecular formula is C15H16N2S2. The van der Waals surface area contributed by atoms with Gasteiger partial charge < -0.3 is 0 Å². The third-order valence-electron chi connectivity index (χ3n) is 2.54. The molecule has 0 N–H and O–H groups in total. The van der Waals surface area contributed by atoms with Crippen LogP contribution in [0.4, 0.5) is 0 Å². The SMILES string of the molecule is CC1(SSC2(C)C=CC=CN=C2)C=CC=C=CN=C1. The van der Waals surface area contributed by atoms with Crippen LogP contribution < -0.4 is 0 Å². The zero-order valence-corrected chi connectivity index (χ0v) is 12.6. The van der Waals surface area contributed by atoms with E-state index in [0.717, 1.165) is 0 Å². The largest absolute Gasteiger partial charge is 0.267 e. The Morgan fingerprint density at radius 2 is 1.58 bits per heavy atom. The van der Waals surface area contributed by atoms with Crippen LogP contribution >= 0.6 is 21.6 Å². The zero-order chi connectivity index (χ0) is 13.6. The molecule has 0 saturated carbocycles. The van der Waals surface area contributed by atoms with Crippen LogP contribution in [0.3, 0.4) is 0 Å². The summed E-state index contributed by atoms with van der Waals surface area (Å²) in [5.74, 6) is 0. The van der Waals surface area contributed by atoms with E-state index in [9.17, 15) is 0 Å². The third-order valence-corrected chi connectivity index (χ3v) is 6.23. The highest BCUT2D eigenvalue weighted by Crippen LogP contribution is 2.44. The van der Waals surface area contributed by atoms with Gasteiger partial charge in [0.05, 0.1) is 15.7 Å². The van der Waals surface area contributed by atoms with E-state index < -0.39 is 0 Å². The van der Waals surface area contributed by atoms with Crippen LogP contribution in [0, 0.1) is 0 Å². The van der Waals surface area contributed by atoms with Crippen LogP contribution in [-0.4, -0.2) is 21.9 Å². The molecule has 0 aromatic rings. The molecule has 2 aliphatic rings. The Morgan fingerprint density at radius 1 is 0.895 bits per heavy atom. The van der Waals surface area contributed by atoms with Crippen molar-refractivity contribution in [2.24, 2.45) is 9.98 Å². The smallest absolute Gasteiger partial charge is 0.0769 e. The molecule has 0 aromatic carbocycles. The summed E-state index contributed by atoms with van der Waals surface area (Å²) >= 11 is 0. The van der Waals surface area contributed by atoms with Gasteiger partial charge in [-0.05, 0) is 26.0 Å². The highest BCUT2D eigenvalue weighted by Gasteiger charge is 2.27. The van der Waals surface area contributed by atoms with Crippen LogP contribution in [0.25, 0.3) is 0 Å². The monoisotopic (exact) mass is 288 g/mol. The molecular weight excluding hydrogens is 272 g/mol. The van der Waals surface area contributed by atoms with Crippen molar-refractivity contribution in [3.05, 3.63) is 54.6 Å². The zero-order valence-electron chi connectivity index (χ0n) is 11.0. The molecule has 2 atom stereocenters. The van der Waals surface area contributed by atoms with Gasteiger partial charge in [-0.2, -0.15) is 0 Å². The fraction of sp³-hybridized carbons (Fsp3) is 0.267. The van der Waals surface area contributed by atoms with Crippen molar-refractivity contribution in [1.82, 2.24) is 0 Å². The van der Waals surface area contributed by atoms with Crippen molar-refractivity contribution in [3.8, 4) is 0 Å². The molecule has 2 nitrogen and oxygen atoms in total. The van der Waals surface area contributed by atoms with E-state index in [0.29, 0.717) is 0 Å². The highest BCUT2D eigenvalue weighted by atomic mass is 33.1. The minimum absolute atomic E-state index is 0.104. The van der Waals surface area contributed by atoms with Gasteiger partial charge in [-0.25, -0.2) is 0 Å². The first kappa shape index (κ1) is 14.2. The Balaban J connectivity index is 2.06. The molecule has 2 aliphatic heterocycles. The third kappa shape index (κ3) is 4.43. The van der Waals surface area contributed by atoms with Crippen LogP contribution in [0.1, 0.15) is 13.8 Å². The Labute approximate surface area is 122 Å². The van der Waals surface area contributed by atoms with Crippen molar-refractivity contribution in [2.45, 2.75) is 23.3 Å². The van der Waals surface area contributed by atoms with E-state index in [-0.39, 0.29) is 9.49 Å². The number of hydrogen-bond donors (Lipinski definition) is 0. The molecule has 0 aromatic heterocycles. The summed E-state index contributed by atoms with van der Waals surface area (Å²) in [6, 6.07) is 0. The topological polar surface area (TPSA) is 24.7 Å². The fourth-order valence-electron chi connectivity index (χ4n) is 1.47. The lowest BCUT2D eigenvalue weighted by atomic mass is 10.1. The summed E-state index contributed by atoms with van der Waals surface area (Å²) in [5, 5.41) is 0. The standard InChI is InChI=1S/C15H16N2S2/c1-14(8-4-3-6-10-16-12-14)18-19-15(2)9-5-7-11-17-13-15/h3-5,7-13H,1-2H3. The predicted molar refractivity (Wildman–Crippen MR) is 89.0 cm³/mol. The Hall–Kier alpha value is -1.22. The quantitative estimate of drug-likeness (QED) is 0.570. The van der Waals surface area contributed by atoms with Gasteiger partial charge in [0.25, 0.3) is 0 Å². The summed E-state index contributed by atoms with van der Waals surface area (Å²) in [6.45, 7) is 4.31. The van der Waals surface area contributed by atoms with E-state index in [4.69, 9.17) is 0 Å². The first-order valence-electron chi connectivity index (χ1n) is 6.01. The van der Waals surface area contributed by atoms with Crippen molar-refractivity contribution < 1.29 is 0 Å². The second-order valence-corrected chi connectivity index (χ2v) is 7.71. The number of rotatable bonds is 3. The van der Waals surface area contributed by atoms with Gasteiger partial charge in [-0.1, -0.05) is 45.9 Å². The van der Waals surface area contributed by atoms with Crippen molar-refractivity contribution >= 4 is 34.0 Å². The highest BCUT2D eigenvalue weighted by molar-refractivity contribution is 8.78. The molecule has 0 bridgehead atoms.